The second kappa shape index (κ2) is 7.28. The van der Waals surface area contributed by atoms with Crippen LogP contribution in [0.15, 0.2) is 40.5 Å². The summed E-state index contributed by atoms with van der Waals surface area (Å²) in [5.74, 6) is 0. The zero-order valence-electron chi connectivity index (χ0n) is 13.5. The van der Waals surface area contributed by atoms with E-state index in [0.29, 0.717) is 0 Å². The molecule has 0 aliphatic rings. The average molecular weight is 344 g/mol. The molecule has 0 aromatic carbocycles. The maximum absolute atomic E-state index is 11.9. The fourth-order valence-electron chi connectivity index (χ4n) is 2.73. The summed E-state index contributed by atoms with van der Waals surface area (Å²) in [6.07, 6.45) is 4.22. The summed E-state index contributed by atoms with van der Waals surface area (Å²) in [5.41, 5.74) is 3.02. The molecule has 0 amide bonds. The van der Waals surface area contributed by atoms with Gasteiger partial charge in [-0.2, -0.15) is 0 Å². The summed E-state index contributed by atoms with van der Waals surface area (Å²) in [4.78, 5) is 19.0. The minimum absolute atomic E-state index is 0.0430. The van der Waals surface area contributed by atoms with E-state index in [0.717, 1.165) is 36.1 Å². The Morgan fingerprint density at radius 3 is 2.70 bits per heavy atom. The highest BCUT2D eigenvalue weighted by molar-refractivity contribution is 7.15. The predicted molar refractivity (Wildman–Crippen MR) is 101 cm³/mol. The molecule has 0 spiro atoms. The van der Waals surface area contributed by atoms with Crippen molar-refractivity contribution in [3.63, 3.8) is 0 Å². The number of aromatic amines is 1. The normalized spacial score (nSPS) is 11.0. The van der Waals surface area contributed by atoms with E-state index in [2.05, 4.69) is 40.7 Å². The van der Waals surface area contributed by atoms with Crippen LogP contribution in [0.25, 0.3) is 10.4 Å². The van der Waals surface area contributed by atoms with Gasteiger partial charge in [-0.15, -0.1) is 22.7 Å². The number of thiophene rings is 2. The van der Waals surface area contributed by atoms with Gasteiger partial charge in [-0.25, -0.2) is 0 Å². The van der Waals surface area contributed by atoms with Gasteiger partial charge in [-0.05, 0) is 62.3 Å². The molecule has 0 aliphatic carbocycles. The molecule has 120 valence electrons. The zero-order chi connectivity index (χ0) is 16.2. The van der Waals surface area contributed by atoms with E-state index in [1.807, 2.05) is 36.5 Å². The van der Waals surface area contributed by atoms with Crippen molar-refractivity contribution < 1.29 is 0 Å². The van der Waals surface area contributed by atoms with Crippen LogP contribution in [0.5, 0.6) is 0 Å². The van der Waals surface area contributed by atoms with Crippen LogP contribution in [0, 0.1) is 6.92 Å². The van der Waals surface area contributed by atoms with Crippen molar-refractivity contribution in [1.82, 2.24) is 4.98 Å². The number of hydrogen-bond acceptors (Lipinski definition) is 3. The Morgan fingerprint density at radius 2 is 1.96 bits per heavy atom. The lowest BCUT2D eigenvalue weighted by atomic mass is 10.1. The van der Waals surface area contributed by atoms with Crippen molar-refractivity contribution in [2.45, 2.75) is 39.5 Å². The van der Waals surface area contributed by atoms with Crippen molar-refractivity contribution in [2.24, 2.45) is 0 Å². The smallest absolute Gasteiger partial charge is 0.251 e. The lowest BCUT2D eigenvalue weighted by Crippen LogP contribution is -2.13. The molecule has 0 atom stereocenters. The zero-order valence-corrected chi connectivity index (χ0v) is 15.2. The topological polar surface area (TPSA) is 32.9 Å². The summed E-state index contributed by atoms with van der Waals surface area (Å²) >= 11 is 3.68. The van der Waals surface area contributed by atoms with Gasteiger partial charge in [-0.3, -0.25) is 4.79 Å². The van der Waals surface area contributed by atoms with Gasteiger partial charge in [0.15, 0.2) is 0 Å². The van der Waals surface area contributed by atoms with Gasteiger partial charge < -0.3 is 4.98 Å². The number of aromatic nitrogens is 1. The molecule has 3 rings (SSSR count). The van der Waals surface area contributed by atoms with Crippen LogP contribution in [-0.2, 0) is 19.3 Å². The first kappa shape index (κ1) is 16.2. The predicted octanol–water partition coefficient (Wildman–Crippen LogP) is 5.21. The monoisotopic (exact) mass is 343 g/mol. The van der Waals surface area contributed by atoms with Crippen molar-refractivity contribution in [2.75, 3.05) is 0 Å². The lowest BCUT2D eigenvalue weighted by molar-refractivity contribution is 0.842. The molecule has 0 aliphatic heterocycles. The number of nitrogens with one attached hydrogen (secondary N) is 1. The van der Waals surface area contributed by atoms with Gasteiger partial charge >= 0.3 is 0 Å². The first-order valence-electron chi connectivity index (χ1n) is 8.01. The standard InChI is InChI=1S/C19H21NOS2/c1-3-14-12-17(13(2)20-19(14)21)18-10-9-16(23-18)7-4-6-15-8-5-11-22-15/h5,8-12H,3-4,6-7H2,1-2H3,(H,20,21). The highest BCUT2D eigenvalue weighted by atomic mass is 32.1. The average Bonchev–Trinajstić information content (AvgIpc) is 3.19. The Kier molecular flexibility index (Phi) is 5.13. The van der Waals surface area contributed by atoms with E-state index in [9.17, 15) is 4.79 Å². The number of pyridine rings is 1. The number of H-pyrrole nitrogens is 1. The van der Waals surface area contributed by atoms with Crippen LogP contribution in [0.2, 0.25) is 0 Å². The largest absolute Gasteiger partial charge is 0.326 e. The molecule has 0 bridgehead atoms. The SMILES string of the molecule is CCc1cc(-c2ccc(CCCc3cccs3)s2)c(C)[nH]c1=O. The van der Waals surface area contributed by atoms with Gasteiger partial charge in [0.2, 0.25) is 0 Å². The molecule has 23 heavy (non-hydrogen) atoms. The first-order chi connectivity index (χ1) is 11.2. The second-order valence-corrected chi connectivity index (χ2v) is 7.92. The molecule has 1 N–H and O–H groups in total. The summed E-state index contributed by atoms with van der Waals surface area (Å²) in [5, 5.41) is 2.14. The number of aryl methyl sites for hydroxylation is 4. The second-order valence-electron chi connectivity index (χ2n) is 5.71. The summed E-state index contributed by atoms with van der Waals surface area (Å²) in [7, 11) is 0. The fourth-order valence-corrected chi connectivity index (χ4v) is 4.61. The van der Waals surface area contributed by atoms with E-state index in [1.54, 1.807) is 0 Å². The Labute approximate surface area is 144 Å². The molecule has 0 saturated heterocycles. The third kappa shape index (κ3) is 3.82. The highest BCUT2D eigenvalue weighted by Gasteiger charge is 2.09. The molecule has 0 fully saturated rings. The van der Waals surface area contributed by atoms with Crippen LogP contribution in [-0.4, -0.2) is 4.98 Å². The summed E-state index contributed by atoms with van der Waals surface area (Å²) in [6, 6.07) is 10.8. The Balaban J connectivity index is 1.72. The molecule has 2 nitrogen and oxygen atoms in total. The number of hydrogen-bond donors (Lipinski definition) is 1. The molecule has 3 heterocycles. The summed E-state index contributed by atoms with van der Waals surface area (Å²) in [6.45, 7) is 4.00. The van der Waals surface area contributed by atoms with Crippen molar-refractivity contribution in [1.29, 1.82) is 0 Å². The van der Waals surface area contributed by atoms with Crippen LogP contribution < -0.4 is 5.56 Å². The quantitative estimate of drug-likeness (QED) is 0.654. The van der Waals surface area contributed by atoms with E-state index in [4.69, 9.17) is 0 Å². The molecular weight excluding hydrogens is 322 g/mol. The van der Waals surface area contributed by atoms with Crippen LogP contribution >= 0.6 is 22.7 Å². The fraction of sp³-hybridized carbons (Fsp3) is 0.316. The molecule has 0 unspecified atom stereocenters. The molecule has 0 saturated carbocycles. The maximum Gasteiger partial charge on any atom is 0.251 e. The van der Waals surface area contributed by atoms with Gasteiger partial charge in [0.05, 0.1) is 0 Å². The van der Waals surface area contributed by atoms with Crippen LogP contribution in [0.4, 0.5) is 0 Å². The molecule has 4 heteroatoms. The first-order valence-corrected chi connectivity index (χ1v) is 9.71. The van der Waals surface area contributed by atoms with E-state index in [-0.39, 0.29) is 5.56 Å². The molecular formula is C19H21NOS2. The Hall–Kier alpha value is -1.65. The Bertz CT molecular complexity index is 827. The molecule has 0 radical (unpaired) electrons. The van der Waals surface area contributed by atoms with Crippen molar-refractivity contribution in [3.05, 3.63) is 67.1 Å². The number of rotatable bonds is 6. The third-order valence-corrected chi connectivity index (χ3v) is 6.16. The van der Waals surface area contributed by atoms with Crippen LogP contribution in [0.1, 0.15) is 34.4 Å². The van der Waals surface area contributed by atoms with Crippen LogP contribution in [0.3, 0.4) is 0 Å². The Morgan fingerprint density at radius 1 is 1.13 bits per heavy atom. The van der Waals surface area contributed by atoms with Crippen molar-refractivity contribution in [3.8, 4) is 10.4 Å². The highest BCUT2D eigenvalue weighted by Crippen LogP contribution is 2.30. The maximum atomic E-state index is 11.9. The van der Waals surface area contributed by atoms with E-state index < -0.39 is 0 Å². The summed E-state index contributed by atoms with van der Waals surface area (Å²) < 4.78 is 0. The van der Waals surface area contributed by atoms with Gasteiger partial charge in [-0.1, -0.05) is 13.0 Å². The minimum Gasteiger partial charge on any atom is -0.326 e. The van der Waals surface area contributed by atoms with E-state index in [1.165, 1.54) is 21.1 Å². The molecule has 3 aromatic rings. The minimum atomic E-state index is 0.0430. The van der Waals surface area contributed by atoms with Gasteiger partial charge in [0, 0.05) is 31.5 Å². The van der Waals surface area contributed by atoms with E-state index >= 15 is 0 Å². The van der Waals surface area contributed by atoms with Gasteiger partial charge in [0.1, 0.15) is 0 Å². The lowest BCUT2D eigenvalue weighted by Gasteiger charge is -2.05. The van der Waals surface area contributed by atoms with Crippen molar-refractivity contribution >= 4 is 22.7 Å². The third-order valence-electron chi connectivity index (χ3n) is 4.05. The van der Waals surface area contributed by atoms with Gasteiger partial charge in [0.25, 0.3) is 5.56 Å². The molecule has 3 aromatic heterocycles.